The standard InChI is InChI=1S/C16H19N3O8S2/c1-29(24,25)27-6-7-28-15-8-13(16(17)21)18(14(15)9-20)26-10-11-2-4-12(5-3-11)19(22)23/h2-5,13,15H,6-8,10H2,1H3,(H2,17,21)/t13-,15-/m0/s1. The highest BCUT2D eigenvalue weighted by atomic mass is 32.2. The fraction of sp³-hybridized carbons (Fsp3) is 0.438. The Balaban J connectivity index is 2.03. The van der Waals surface area contributed by atoms with Gasteiger partial charge in [0.2, 0.25) is 5.91 Å². The first-order valence-electron chi connectivity index (χ1n) is 8.28. The number of hydroxylamine groups is 2. The van der Waals surface area contributed by atoms with Gasteiger partial charge in [0.15, 0.2) is 0 Å². The molecule has 1 heterocycles. The normalized spacial score (nSPS) is 19.2. The van der Waals surface area contributed by atoms with Gasteiger partial charge in [-0.15, -0.1) is 11.8 Å². The van der Waals surface area contributed by atoms with Crippen molar-refractivity contribution in [2.45, 2.75) is 24.3 Å². The Hall–Kier alpha value is -2.44. The van der Waals surface area contributed by atoms with Crippen molar-refractivity contribution >= 4 is 39.4 Å². The molecule has 29 heavy (non-hydrogen) atoms. The molecule has 1 fully saturated rings. The molecule has 2 atom stereocenters. The Morgan fingerprint density at radius 3 is 2.59 bits per heavy atom. The molecule has 13 heteroatoms. The summed E-state index contributed by atoms with van der Waals surface area (Å²) in [4.78, 5) is 39.0. The molecular formula is C16H19N3O8S2. The summed E-state index contributed by atoms with van der Waals surface area (Å²) in [6, 6.07) is 4.70. The summed E-state index contributed by atoms with van der Waals surface area (Å²) in [5.41, 5.74) is 5.99. The number of hydrogen-bond donors (Lipinski definition) is 1. The number of carbonyl (C=O) groups is 1. The van der Waals surface area contributed by atoms with E-state index in [-0.39, 0.29) is 36.8 Å². The van der Waals surface area contributed by atoms with Crippen LogP contribution >= 0.6 is 11.8 Å². The van der Waals surface area contributed by atoms with E-state index in [2.05, 4.69) is 4.18 Å². The Bertz CT molecular complexity index is 913. The van der Waals surface area contributed by atoms with E-state index < -0.39 is 32.2 Å². The SMILES string of the molecule is CS(=O)(=O)OCCS[C@H]1C[C@@H](C(N)=O)N(OCc2ccc([N+](=O)[O-])cc2)C1=C=O. The van der Waals surface area contributed by atoms with E-state index >= 15 is 0 Å². The Labute approximate surface area is 171 Å². The van der Waals surface area contributed by atoms with Crippen molar-refractivity contribution < 1.29 is 32.0 Å². The number of primary amides is 1. The zero-order valence-electron chi connectivity index (χ0n) is 15.3. The van der Waals surface area contributed by atoms with Gasteiger partial charge in [-0.3, -0.25) is 23.9 Å². The summed E-state index contributed by atoms with van der Waals surface area (Å²) in [6.07, 6.45) is 1.12. The van der Waals surface area contributed by atoms with Gasteiger partial charge in [-0.25, -0.2) is 9.86 Å². The van der Waals surface area contributed by atoms with Gasteiger partial charge >= 0.3 is 0 Å². The van der Waals surface area contributed by atoms with E-state index in [1.165, 1.54) is 36.0 Å². The van der Waals surface area contributed by atoms with Crippen LogP contribution in [0.5, 0.6) is 0 Å². The van der Waals surface area contributed by atoms with Crippen LogP contribution in [0.4, 0.5) is 5.69 Å². The van der Waals surface area contributed by atoms with E-state index in [9.17, 15) is 28.1 Å². The molecule has 0 bridgehead atoms. The second kappa shape index (κ2) is 9.85. The van der Waals surface area contributed by atoms with Crippen LogP contribution in [0.2, 0.25) is 0 Å². The topological polar surface area (TPSA) is 159 Å². The maximum absolute atomic E-state index is 11.8. The number of amides is 1. The molecule has 1 aromatic carbocycles. The van der Waals surface area contributed by atoms with Crippen LogP contribution in [0.15, 0.2) is 30.0 Å². The zero-order chi connectivity index (χ0) is 21.6. The van der Waals surface area contributed by atoms with Crippen molar-refractivity contribution in [3.63, 3.8) is 0 Å². The molecule has 0 aromatic heterocycles. The van der Waals surface area contributed by atoms with Crippen molar-refractivity contribution in [1.82, 2.24) is 5.06 Å². The van der Waals surface area contributed by atoms with E-state index in [4.69, 9.17) is 10.6 Å². The number of nitro benzene ring substituents is 1. The first-order valence-corrected chi connectivity index (χ1v) is 11.1. The molecule has 11 nitrogen and oxygen atoms in total. The number of nitro groups is 1. The third-order valence-corrected chi connectivity index (χ3v) is 5.73. The first kappa shape index (κ1) is 22.8. The van der Waals surface area contributed by atoms with Crippen molar-refractivity contribution in [3.05, 3.63) is 45.6 Å². The molecule has 1 aliphatic heterocycles. The zero-order valence-corrected chi connectivity index (χ0v) is 17.0. The lowest BCUT2D eigenvalue weighted by Crippen LogP contribution is -2.39. The Kier molecular flexibility index (Phi) is 7.76. The molecule has 0 aliphatic carbocycles. The number of nitrogens with two attached hydrogens (primary N) is 1. The minimum absolute atomic E-state index is 0.0540. The van der Waals surface area contributed by atoms with Crippen LogP contribution in [0, 0.1) is 10.1 Å². The molecule has 1 aromatic rings. The quantitative estimate of drug-likeness (QED) is 0.175. The second-order valence-corrected chi connectivity index (χ2v) is 9.00. The number of thioether (sulfide) groups is 1. The lowest BCUT2D eigenvalue weighted by Gasteiger charge is -2.23. The van der Waals surface area contributed by atoms with Gasteiger partial charge in [-0.05, 0) is 24.1 Å². The molecule has 158 valence electrons. The number of nitrogens with zero attached hydrogens (tertiary/aromatic N) is 2. The molecule has 0 unspecified atom stereocenters. The van der Waals surface area contributed by atoms with Gasteiger partial charge in [0.05, 0.1) is 29.6 Å². The van der Waals surface area contributed by atoms with E-state index in [0.717, 1.165) is 11.3 Å². The summed E-state index contributed by atoms with van der Waals surface area (Å²) >= 11 is 1.22. The molecule has 0 saturated carbocycles. The summed E-state index contributed by atoms with van der Waals surface area (Å²) < 4.78 is 26.6. The predicted molar refractivity (Wildman–Crippen MR) is 104 cm³/mol. The third-order valence-electron chi connectivity index (χ3n) is 3.91. The van der Waals surface area contributed by atoms with Crippen LogP contribution in [-0.4, -0.2) is 60.2 Å². The number of non-ortho nitro benzene ring substituents is 1. The minimum Gasteiger partial charge on any atom is -0.368 e. The van der Waals surface area contributed by atoms with Gasteiger partial charge in [0.1, 0.15) is 17.7 Å². The van der Waals surface area contributed by atoms with Crippen LogP contribution in [-0.2, 0) is 35.3 Å². The molecular weight excluding hydrogens is 426 g/mol. The summed E-state index contributed by atoms with van der Waals surface area (Å²) in [5.74, 6) is 1.31. The van der Waals surface area contributed by atoms with Gasteiger partial charge in [-0.1, -0.05) is 0 Å². The van der Waals surface area contributed by atoms with Crippen LogP contribution in [0.25, 0.3) is 0 Å². The van der Waals surface area contributed by atoms with E-state index in [0.29, 0.717) is 5.56 Å². The van der Waals surface area contributed by atoms with Crippen LogP contribution in [0.3, 0.4) is 0 Å². The summed E-state index contributed by atoms with van der Waals surface area (Å²) in [5, 5.41) is 11.3. The maximum atomic E-state index is 11.8. The summed E-state index contributed by atoms with van der Waals surface area (Å²) in [6.45, 7) is -0.140. The predicted octanol–water partition coefficient (Wildman–Crippen LogP) is 0.380. The lowest BCUT2D eigenvalue weighted by molar-refractivity contribution is -0.384. The van der Waals surface area contributed by atoms with Crippen molar-refractivity contribution in [2.75, 3.05) is 18.6 Å². The first-order chi connectivity index (χ1) is 13.6. The fourth-order valence-corrected chi connectivity index (χ4v) is 4.19. The molecule has 0 radical (unpaired) electrons. The highest BCUT2D eigenvalue weighted by Crippen LogP contribution is 2.35. The monoisotopic (exact) mass is 445 g/mol. The average molecular weight is 445 g/mol. The smallest absolute Gasteiger partial charge is 0.269 e. The molecule has 0 spiro atoms. The van der Waals surface area contributed by atoms with E-state index in [1.54, 1.807) is 5.94 Å². The highest BCUT2D eigenvalue weighted by molar-refractivity contribution is 8.00. The van der Waals surface area contributed by atoms with Gasteiger partial charge in [0, 0.05) is 17.9 Å². The third kappa shape index (κ3) is 6.54. The van der Waals surface area contributed by atoms with Crippen LogP contribution in [0.1, 0.15) is 12.0 Å². The molecule has 2 N–H and O–H groups in total. The molecule has 1 saturated heterocycles. The van der Waals surface area contributed by atoms with Gasteiger partial charge in [-0.2, -0.15) is 8.42 Å². The van der Waals surface area contributed by atoms with Gasteiger partial charge < -0.3 is 5.73 Å². The number of rotatable bonds is 10. The lowest BCUT2D eigenvalue weighted by atomic mass is 10.2. The highest BCUT2D eigenvalue weighted by Gasteiger charge is 2.42. The Morgan fingerprint density at radius 2 is 2.07 bits per heavy atom. The molecule has 2 rings (SSSR count). The van der Waals surface area contributed by atoms with Gasteiger partial charge in [0.25, 0.3) is 15.8 Å². The van der Waals surface area contributed by atoms with E-state index in [1.807, 2.05) is 0 Å². The largest absolute Gasteiger partial charge is 0.368 e. The fourth-order valence-electron chi connectivity index (χ4n) is 2.60. The number of carbonyl (C=O) groups excluding carboxylic acids is 2. The van der Waals surface area contributed by atoms with Crippen LogP contribution < -0.4 is 5.73 Å². The Morgan fingerprint density at radius 1 is 1.41 bits per heavy atom. The maximum Gasteiger partial charge on any atom is 0.269 e. The summed E-state index contributed by atoms with van der Waals surface area (Å²) in [7, 11) is -3.57. The van der Waals surface area contributed by atoms with Crippen molar-refractivity contribution in [1.29, 1.82) is 0 Å². The second-order valence-electron chi connectivity index (χ2n) is 6.05. The molecule has 1 aliphatic rings. The molecule has 1 amide bonds. The minimum atomic E-state index is -3.57. The average Bonchev–Trinajstić information content (AvgIpc) is 3.01. The van der Waals surface area contributed by atoms with Crippen molar-refractivity contribution in [2.24, 2.45) is 5.73 Å². The number of benzene rings is 1. The van der Waals surface area contributed by atoms with Crippen molar-refractivity contribution in [3.8, 4) is 0 Å². The number of hydrogen-bond acceptors (Lipinski definition) is 10.